The molecule has 1 amide bonds. The predicted molar refractivity (Wildman–Crippen MR) is 89.7 cm³/mol. The quantitative estimate of drug-likeness (QED) is 0.916. The molecule has 0 saturated heterocycles. The average Bonchev–Trinajstić information content (AvgIpc) is 2.48. The molecular weight excluding hydrogens is 300 g/mol. The Bertz CT molecular complexity index is 671. The van der Waals surface area contributed by atoms with Crippen LogP contribution in [0.4, 0.5) is 11.5 Å². The fourth-order valence-electron chi connectivity index (χ4n) is 2.14. The van der Waals surface area contributed by atoms with Crippen molar-refractivity contribution in [2.24, 2.45) is 0 Å². The Hall–Kier alpha value is -2.14. The second-order valence-corrected chi connectivity index (χ2v) is 5.23. The molecule has 0 unspecified atom stereocenters. The van der Waals surface area contributed by atoms with Crippen LogP contribution in [-0.4, -0.2) is 29.0 Å². The van der Waals surface area contributed by atoms with E-state index in [1.54, 1.807) is 37.3 Å². The third-order valence-electron chi connectivity index (χ3n) is 3.23. The molecule has 22 heavy (non-hydrogen) atoms. The van der Waals surface area contributed by atoms with Crippen molar-refractivity contribution in [3.05, 3.63) is 46.9 Å². The second-order valence-electron chi connectivity index (χ2n) is 4.80. The van der Waals surface area contributed by atoms with E-state index >= 15 is 0 Å². The lowest BCUT2D eigenvalue weighted by Gasteiger charge is -2.20. The van der Waals surface area contributed by atoms with Gasteiger partial charge in [0.05, 0.1) is 0 Å². The largest absolute Gasteiger partial charge is 0.357 e. The molecule has 0 aliphatic rings. The van der Waals surface area contributed by atoms with Crippen molar-refractivity contribution in [1.29, 1.82) is 0 Å². The number of halogens is 1. The topological polar surface area (TPSA) is 58.1 Å². The van der Waals surface area contributed by atoms with Gasteiger partial charge in [-0.25, -0.2) is 9.97 Å². The highest BCUT2D eigenvalue weighted by molar-refractivity contribution is 6.30. The van der Waals surface area contributed by atoms with Crippen LogP contribution >= 0.6 is 11.6 Å². The van der Waals surface area contributed by atoms with Crippen molar-refractivity contribution in [1.82, 2.24) is 9.97 Å². The Balaban J connectivity index is 2.26. The number of benzene rings is 1. The Morgan fingerprint density at radius 3 is 2.59 bits per heavy atom. The SMILES string of the molecule is CCN(CC)c1cc(C(=O)Nc2cccc(Cl)c2)nc(C)n1. The molecule has 1 aromatic heterocycles. The first kappa shape index (κ1) is 16.2. The molecular formula is C16H19ClN4O. The lowest BCUT2D eigenvalue weighted by Crippen LogP contribution is -2.24. The van der Waals surface area contributed by atoms with Crippen LogP contribution in [0.25, 0.3) is 0 Å². The molecule has 0 bridgehead atoms. The number of hydrogen-bond acceptors (Lipinski definition) is 4. The molecule has 0 spiro atoms. The zero-order chi connectivity index (χ0) is 16.1. The highest BCUT2D eigenvalue weighted by Crippen LogP contribution is 2.17. The van der Waals surface area contributed by atoms with Crippen LogP contribution in [0.15, 0.2) is 30.3 Å². The van der Waals surface area contributed by atoms with Crippen molar-refractivity contribution in [2.45, 2.75) is 20.8 Å². The summed E-state index contributed by atoms with van der Waals surface area (Å²) in [5.41, 5.74) is 0.979. The van der Waals surface area contributed by atoms with Crippen LogP contribution in [0, 0.1) is 6.92 Å². The lowest BCUT2D eigenvalue weighted by atomic mass is 10.3. The molecule has 0 atom stereocenters. The van der Waals surface area contributed by atoms with Gasteiger partial charge in [0.15, 0.2) is 0 Å². The molecule has 1 N–H and O–H groups in total. The normalized spacial score (nSPS) is 10.4. The van der Waals surface area contributed by atoms with Crippen molar-refractivity contribution in [2.75, 3.05) is 23.3 Å². The molecule has 0 radical (unpaired) electrons. The summed E-state index contributed by atoms with van der Waals surface area (Å²) in [5, 5.41) is 3.37. The molecule has 1 heterocycles. The van der Waals surface area contributed by atoms with Gasteiger partial charge in [-0.2, -0.15) is 0 Å². The highest BCUT2D eigenvalue weighted by Gasteiger charge is 2.13. The van der Waals surface area contributed by atoms with Gasteiger partial charge in [0.25, 0.3) is 5.91 Å². The number of carbonyl (C=O) groups is 1. The first-order valence-electron chi connectivity index (χ1n) is 7.21. The summed E-state index contributed by atoms with van der Waals surface area (Å²) in [4.78, 5) is 23.1. The van der Waals surface area contributed by atoms with Gasteiger partial charge in [0.1, 0.15) is 17.3 Å². The molecule has 2 rings (SSSR count). The summed E-state index contributed by atoms with van der Waals surface area (Å²) in [6.45, 7) is 7.52. The van der Waals surface area contributed by atoms with Crippen LogP contribution in [0.5, 0.6) is 0 Å². The summed E-state index contributed by atoms with van der Waals surface area (Å²) >= 11 is 5.92. The number of aryl methyl sites for hydroxylation is 1. The van der Waals surface area contributed by atoms with Gasteiger partial charge in [-0.05, 0) is 39.0 Å². The van der Waals surface area contributed by atoms with E-state index in [4.69, 9.17) is 11.6 Å². The van der Waals surface area contributed by atoms with Crippen molar-refractivity contribution >= 4 is 29.0 Å². The van der Waals surface area contributed by atoms with Crippen LogP contribution < -0.4 is 10.2 Å². The molecule has 0 aliphatic heterocycles. The van der Waals surface area contributed by atoms with E-state index in [2.05, 4.69) is 20.2 Å². The summed E-state index contributed by atoms with van der Waals surface area (Å²) in [6.07, 6.45) is 0. The minimum atomic E-state index is -0.277. The Kier molecular flexibility index (Phi) is 5.33. The summed E-state index contributed by atoms with van der Waals surface area (Å²) in [5.74, 6) is 1.05. The van der Waals surface area contributed by atoms with Crippen LogP contribution in [0.3, 0.4) is 0 Å². The van der Waals surface area contributed by atoms with Crippen LogP contribution in [-0.2, 0) is 0 Å². The number of hydrogen-bond donors (Lipinski definition) is 1. The van der Waals surface area contributed by atoms with E-state index in [0.29, 0.717) is 22.2 Å². The van der Waals surface area contributed by atoms with Gasteiger partial charge in [-0.15, -0.1) is 0 Å². The molecule has 116 valence electrons. The van der Waals surface area contributed by atoms with Gasteiger partial charge in [-0.3, -0.25) is 4.79 Å². The fourth-order valence-corrected chi connectivity index (χ4v) is 2.33. The van der Waals surface area contributed by atoms with Crippen molar-refractivity contribution in [3.63, 3.8) is 0 Å². The zero-order valence-electron chi connectivity index (χ0n) is 12.9. The van der Waals surface area contributed by atoms with Gasteiger partial charge < -0.3 is 10.2 Å². The van der Waals surface area contributed by atoms with E-state index in [1.807, 2.05) is 13.8 Å². The number of rotatable bonds is 5. The third-order valence-corrected chi connectivity index (χ3v) is 3.46. The Labute approximate surface area is 135 Å². The van der Waals surface area contributed by atoms with E-state index in [-0.39, 0.29) is 5.91 Å². The number of anilines is 2. The Morgan fingerprint density at radius 1 is 1.23 bits per heavy atom. The number of nitrogens with zero attached hydrogens (tertiary/aromatic N) is 3. The van der Waals surface area contributed by atoms with E-state index < -0.39 is 0 Å². The van der Waals surface area contributed by atoms with Crippen LogP contribution in [0.1, 0.15) is 30.2 Å². The molecule has 0 aliphatic carbocycles. The van der Waals surface area contributed by atoms with Gasteiger partial charge in [-0.1, -0.05) is 17.7 Å². The number of aromatic nitrogens is 2. The Morgan fingerprint density at radius 2 is 1.95 bits per heavy atom. The van der Waals surface area contributed by atoms with E-state index in [0.717, 1.165) is 18.9 Å². The first-order valence-corrected chi connectivity index (χ1v) is 7.58. The first-order chi connectivity index (χ1) is 10.5. The molecule has 2 aromatic rings. The molecule has 1 aromatic carbocycles. The van der Waals surface area contributed by atoms with E-state index in [9.17, 15) is 4.79 Å². The van der Waals surface area contributed by atoms with Crippen molar-refractivity contribution < 1.29 is 4.79 Å². The minimum Gasteiger partial charge on any atom is -0.357 e. The highest BCUT2D eigenvalue weighted by atomic mass is 35.5. The third kappa shape index (κ3) is 3.95. The predicted octanol–water partition coefficient (Wildman–Crippen LogP) is 3.54. The number of amides is 1. The molecule has 0 saturated carbocycles. The van der Waals surface area contributed by atoms with Gasteiger partial charge in [0, 0.05) is 29.9 Å². The monoisotopic (exact) mass is 318 g/mol. The second kappa shape index (κ2) is 7.22. The molecule has 5 nitrogen and oxygen atoms in total. The van der Waals surface area contributed by atoms with Gasteiger partial charge in [0.2, 0.25) is 0 Å². The average molecular weight is 319 g/mol. The maximum Gasteiger partial charge on any atom is 0.274 e. The van der Waals surface area contributed by atoms with Gasteiger partial charge >= 0.3 is 0 Å². The summed E-state index contributed by atoms with van der Waals surface area (Å²) in [6, 6.07) is 8.72. The van der Waals surface area contributed by atoms with Crippen LogP contribution in [0.2, 0.25) is 5.02 Å². The summed E-state index contributed by atoms with van der Waals surface area (Å²) < 4.78 is 0. The maximum absolute atomic E-state index is 12.4. The smallest absolute Gasteiger partial charge is 0.274 e. The number of nitrogens with one attached hydrogen (secondary N) is 1. The maximum atomic E-state index is 12.4. The minimum absolute atomic E-state index is 0.277. The molecule has 0 fully saturated rings. The van der Waals surface area contributed by atoms with Crippen molar-refractivity contribution in [3.8, 4) is 0 Å². The zero-order valence-corrected chi connectivity index (χ0v) is 13.7. The van der Waals surface area contributed by atoms with E-state index in [1.165, 1.54) is 0 Å². The summed E-state index contributed by atoms with van der Waals surface area (Å²) in [7, 11) is 0. The standard InChI is InChI=1S/C16H19ClN4O/c1-4-21(5-2)15-10-14(18-11(3)19-15)16(22)20-13-8-6-7-12(17)9-13/h6-10H,4-5H2,1-3H3,(H,20,22). The fraction of sp³-hybridized carbons (Fsp3) is 0.312. The molecule has 6 heteroatoms. The number of carbonyl (C=O) groups excluding carboxylic acids is 1. The lowest BCUT2D eigenvalue weighted by molar-refractivity contribution is 0.102.